The van der Waals surface area contributed by atoms with E-state index in [0.717, 1.165) is 25.3 Å². The van der Waals surface area contributed by atoms with E-state index in [0.29, 0.717) is 0 Å². The fraction of sp³-hybridized carbons (Fsp3) is 0.500. The van der Waals surface area contributed by atoms with Crippen molar-refractivity contribution >= 4 is 5.57 Å². The standard InChI is InChI=1S/C16H25NO/c1-5-17-12-6-7-14(4)15-8-10-16(11-9-15)18-13(2)3/h7-11,13,17H,5-6,12H2,1-4H3. The zero-order chi connectivity index (χ0) is 13.4. The van der Waals surface area contributed by atoms with Crippen LogP contribution in [0.1, 0.15) is 39.7 Å². The Morgan fingerprint density at radius 1 is 1.28 bits per heavy atom. The van der Waals surface area contributed by atoms with Gasteiger partial charge in [-0.2, -0.15) is 0 Å². The van der Waals surface area contributed by atoms with E-state index in [1.165, 1.54) is 11.1 Å². The predicted octanol–water partition coefficient (Wildman–Crippen LogP) is 3.88. The second-order valence-corrected chi connectivity index (χ2v) is 4.72. The lowest BCUT2D eigenvalue weighted by Crippen LogP contribution is -2.13. The normalized spacial score (nSPS) is 11.9. The van der Waals surface area contributed by atoms with Gasteiger partial charge in [-0.25, -0.2) is 0 Å². The molecule has 0 heterocycles. The van der Waals surface area contributed by atoms with Gasteiger partial charge in [0.2, 0.25) is 0 Å². The van der Waals surface area contributed by atoms with Gasteiger partial charge in [0.25, 0.3) is 0 Å². The first-order valence-electron chi connectivity index (χ1n) is 6.78. The summed E-state index contributed by atoms with van der Waals surface area (Å²) in [4.78, 5) is 0. The van der Waals surface area contributed by atoms with E-state index < -0.39 is 0 Å². The second-order valence-electron chi connectivity index (χ2n) is 4.72. The Balaban J connectivity index is 2.55. The summed E-state index contributed by atoms with van der Waals surface area (Å²) < 4.78 is 5.63. The molecule has 2 nitrogen and oxygen atoms in total. The zero-order valence-electron chi connectivity index (χ0n) is 12.0. The third-order valence-electron chi connectivity index (χ3n) is 2.70. The average Bonchev–Trinajstić information content (AvgIpc) is 2.34. The Morgan fingerprint density at radius 2 is 1.94 bits per heavy atom. The molecule has 0 radical (unpaired) electrons. The number of nitrogens with one attached hydrogen (secondary N) is 1. The lowest BCUT2D eigenvalue weighted by Gasteiger charge is -2.10. The van der Waals surface area contributed by atoms with Crippen molar-refractivity contribution < 1.29 is 4.74 Å². The first-order chi connectivity index (χ1) is 8.63. The quantitative estimate of drug-likeness (QED) is 0.738. The minimum Gasteiger partial charge on any atom is -0.491 e. The summed E-state index contributed by atoms with van der Waals surface area (Å²) in [6.45, 7) is 10.4. The van der Waals surface area contributed by atoms with Gasteiger partial charge < -0.3 is 10.1 Å². The maximum absolute atomic E-state index is 5.63. The van der Waals surface area contributed by atoms with E-state index in [4.69, 9.17) is 4.74 Å². The Hall–Kier alpha value is -1.28. The minimum absolute atomic E-state index is 0.229. The van der Waals surface area contributed by atoms with Gasteiger partial charge in [-0.3, -0.25) is 0 Å². The number of allylic oxidation sites excluding steroid dienone is 1. The van der Waals surface area contributed by atoms with E-state index in [2.05, 4.69) is 37.4 Å². The Bertz CT molecular complexity index is 365. The monoisotopic (exact) mass is 247 g/mol. The molecule has 0 unspecified atom stereocenters. The zero-order valence-corrected chi connectivity index (χ0v) is 12.0. The van der Waals surface area contributed by atoms with Crippen LogP contribution in [-0.2, 0) is 0 Å². The van der Waals surface area contributed by atoms with Gasteiger partial charge in [-0.1, -0.05) is 25.1 Å². The van der Waals surface area contributed by atoms with Crippen molar-refractivity contribution in [3.63, 3.8) is 0 Å². The topological polar surface area (TPSA) is 21.3 Å². The molecule has 1 aromatic carbocycles. The lowest BCUT2D eigenvalue weighted by molar-refractivity contribution is 0.242. The van der Waals surface area contributed by atoms with E-state index >= 15 is 0 Å². The molecule has 0 amide bonds. The van der Waals surface area contributed by atoms with Crippen LogP contribution in [0.5, 0.6) is 5.75 Å². The molecule has 0 aliphatic carbocycles. The molecule has 0 aromatic heterocycles. The van der Waals surface area contributed by atoms with Crippen LogP contribution in [0.25, 0.3) is 5.57 Å². The smallest absolute Gasteiger partial charge is 0.119 e. The number of hydrogen-bond donors (Lipinski definition) is 1. The molecule has 1 N–H and O–H groups in total. The summed E-state index contributed by atoms with van der Waals surface area (Å²) in [5.74, 6) is 0.939. The van der Waals surface area contributed by atoms with Crippen molar-refractivity contribution in [1.82, 2.24) is 5.32 Å². The van der Waals surface area contributed by atoms with Gasteiger partial charge in [-0.05, 0) is 63.6 Å². The Kier molecular flexibility index (Phi) is 6.51. The van der Waals surface area contributed by atoms with Crippen LogP contribution in [0.3, 0.4) is 0 Å². The summed E-state index contributed by atoms with van der Waals surface area (Å²) >= 11 is 0. The maximum Gasteiger partial charge on any atom is 0.119 e. The van der Waals surface area contributed by atoms with Gasteiger partial charge in [0, 0.05) is 0 Å². The average molecular weight is 247 g/mol. The highest BCUT2D eigenvalue weighted by atomic mass is 16.5. The second kappa shape index (κ2) is 7.93. The molecule has 0 atom stereocenters. The molecular formula is C16H25NO. The Morgan fingerprint density at radius 3 is 2.50 bits per heavy atom. The fourth-order valence-corrected chi connectivity index (χ4v) is 1.75. The first kappa shape index (κ1) is 14.8. The largest absolute Gasteiger partial charge is 0.491 e. The van der Waals surface area contributed by atoms with Crippen LogP contribution in [0, 0.1) is 0 Å². The molecular weight excluding hydrogens is 222 g/mol. The summed E-state index contributed by atoms with van der Waals surface area (Å²) in [5.41, 5.74) is 2.59. The van der Waals surface area contributed by atoms with Gasteiger partial charge in [0.1, 0.15) is 5.75 Å². The summed E-state index contributed by atoms with van der Waals surface area (Å²) in [6.07, 6.45) is 3.58. The maximum atomic E-state index is 5.63. The molecule has 0 fully saturated rings. The first-order valence-corrected chi connectivity index (χ1v) is 6.78. The number of benzene rings is 1. The molecule has 18 heavy (non-hydrogen) atoms. The summed E-state index contributed by atoms with van der Waals surface area (Å²) in [5, 5.41) is 3.32. The summed E-state index contributed by atoms with van der Waals surface area (Å²) in [6, 6.07) is 8.32. The van der Waals surface area contributed by atoms with Crippen LogP contribution < -0.4 is 10.1 Å². The van der Waals surface area contributed by atoms with Gasteiger partial charge in [0.15, 0.2) is 0 Å². The van der Waals surface area contributed by atoms with Crippen molar-refractivity contribution in [1.29, 1.82) is 0 Å². The number of rotatable bonds is 7. The molecule has 1 rings (SSSR count). The van der Waals surface area contributed by atoms with E-state index in [9.17, 15) is 0 Å². The molecule has 0 bridgehead atoms. The van der Waals surface area contributed by atoms with E-state index in [1.807, 2.05) is 26.0 Å². The van der Waals surface area contributed by atoms with Crippen LogP contribution >= 0.6 is 0 Å². The van der Waals surface area contributed by atoms with Crippen molar-refractivity contribution in [3.8, 4) is 5.75 Å². The van der Waals surface area contributed by atoms with Gasteiger partial charge in [-0.15, -0.1) is 0 Å². The molecule has 0 saturated heterocycles. The van der Waals surface area contributed by atoms with Crippen LogP contribution in [-0.4, -0.2) is 19.2 Å². The highest BCUT2D eigenvalue weighted by molar-refractivity contribution is 5.64. The van der Waals surface area contributed by atoms with Gasteiger partial charge in [0.05, 0.1) is 6.10 Å². The molecule has 1 aromatic rings. The molecule has 0 saturated carbocycles. The molecule has 0 aliphatic rings. The molecule has 2 heteroatoms. The Labute approximate surface area is 111 Å². The predicted molar refractivity (Wildman–Crippen MR) is 79.0 cm³/mol. The lowest BCUT2D eigenvalue weighted by atomic mass is 10.1. The highest BCUT2D eigenvalue weighted by Crippen LogP contribution is 2.19. The van der Waals surface area contributed by atoms with Crippen LogP contribution in [0.15, 0.2) is 30.3 Å². The third kappa shape index (κ3) is 5.37. The SMILES string of the molecule is CCNCCC=C(C)c1ccc(OC(C)C)cc1. The fourth-order valence-electron chi connectivity index (χ4n) is 1.75. The highest BCUT2D eigenvalue weighted by Gasteiger charge is 1.99. The minimum atomic E-state index is 0.229. The molecule has 100 valence electrons. The van der Waals surface area contributed by atoms with Crippen molar-refractivity contribution in [2.75, 3.05) is 13.1 Å². The number of hydrogen-bond acceptors (Lipinski definition) is 2. The van der Waals surface area contributed by atoms with Crippen LogP contribution in [0.4, 0.5) is 0 Å². The van der Waals surface area contributed by atoms with Crippen molar-refractivity contribution in [3.05, 3.63) is 35.9 Å². The van der Waals surface area contributed by atoms with Gasteiger partial charge >= 0.3 is 0 Å². The number of ether oxygens (including phenoxy) is 1. The molecule has 0 aliphatic heterocycles. The third-order valence-corrected chi connectivity index (χ3v) is 2.70. The van der Waals surface area contributed by atoms with E-state index in [1.54, 1.807) is 0 Å². The van der Waals surface area contributed by atoms with Crippen molar-refractivity contribution in [2.45, 2.75) is 40.2 Å². The van der Waals surface area contributed by atoms with E-state index in [-0.39, 0.29) is 6.10 Å². The van der Waals surface area contributed by atoms with Crippen molar-refractivity contribution in [2.24, 2.45) is 0 Å². The molecule has 0 spiro atoms. The van der Waals surface area contributed by atoms with Crippen LogP contribution in [0.2, 0.25) is 0 Å². The summed E-state index contributed by atoms with van der Waals surface area (Å²) in [7, 11) is 0.